The second-order valence-corrected chi connectivity index (χ2v) is 5.64. The molecule has 1 fully saturated rings. The summed E-state index contributed by atoms with van der Waals surface area (Å²) in [6, 6.07) is 4.05. The molecule has 1 atom stereocenters. The molecule has 0 saturated carbocycles. The Morgan fingerprint density at radius 3 is 2.68 bits per heavy atom. The number of hydrogen-bond acceptors (Lipinski definition) is 2. The third kappa shape index (κ3) is 3.94. The highest BCUT2D eigenvalue weighted by molar-refractivity contribution is 9.10. The first-order valence-corrected chi connectivity index (χ1v) is 6.79. The molecule has 1 saturated heterocycles. The molecule has 2 nitrogen and oxygen atoms in total. The van der Waals surface area contributed by atoms with Crippen LogP contribution in [0.15, 0.2) is 22.7 Å². The Hall–Kier alpha value is -0.590. The lowest BCUT2D eigenvalue weighted by Gasteiger charge is -2.17. The summed E-state index contributed by atoms with van der Waals surface area (Å²) in [7, 11) is 1.66. The molecule has 0 N–H and O–H groups in total. The zero-order valence-corrected chi connectivity index (χ0v) is 12.1. The van der Waals surface area contributed by atoms with Crippen molar-refractivity contribution >= 4 is 15.9 Å². The lowest BCUT2D eigenvalue weighted by molar-refractivity contribution is -0.137. The maximum Gasteiger partial charge on any atom is 0.416 e. The molecule has 106 valence electrons. The smallest absolute Gasteiger partial charge is 0.380 e. The molecule has 19 heavy (non-hydrogen) atoms. The molecule has 1 aromatic rings. The van der Waals surface area contributed by atoms with Crippen LogP contribution in [0.4, 0.5) is 13.2 Å². The van der Waals surface area contributed by atoms with E-state index in [-0.39, 0.29) is 6.10 Å². The number of rotatable bonds is 3. The summed E-state index contributed by atoms with van der Waals surface area (Å²) >= 11 is 3.14. The highest BCUT2D eigenvalue weighted by Crippen LogP contribution is 2.32. The zero-order chi connectivity index (χ0) is 14.0. The topological polar surface area (TPSA) is 12.5 Å². The van der Waals surface area contributed by atoms with Crippen molar-refractivity contribution in [1.82, 2.24) is 4.90 Å². The van der Waals surface area contributed by atoms with Gasteiger partial charge in [0, 0.05) is 31.2 Å². The lowest BCUT2D eigenvalue weighted by atomic mass is 10.1. The summed E-state index contributed by atoms with van der Waals surface area (Å²) < 4.78 is 43.9. The fourth-order valence-electron chi connectivity index (χ4n) is 2.30. The van der Waals surface area contributed by atoms with Crippen LogP contribution in [0.3, 0.4) is 0 Å². The van der Waals surface area contributed by atoms with Gasteiger partial charge >= 0.3 is 6.18 Å². The Bertz CT molecular complexity index is 450. The largest absolute Gasteiger partial charge is 0.416 e. The molecule has 0 unspecified atom stereocenters. The molecule has 0 radical (unpaired) electrons. The van der Waals surface area contributed by atoms with Crippen molar-refractivity contribution in [3.05, 3.63) is 33.8 Å². The molecule has 1 aliphatic heterocycles. The molecule has 2 rings (SSSR count). The lowest BCUT2D eigenvalue weighted by Crippen LogP contribution is -2.22. The minimum atomic E-state index is -4.31. The predicted molar refractivity (Wildman–Crippen MR) is 69.8 cm³/mol. The van der Waals surface area contributed by atoms with Gasteiger partial charge in [0.2, 0.25) is 0 Å². The van der Waals surface area contributed by atoms with E-state index in [9.17, 15) is 13.2 Å². The van der Waals surface area contributed by atoms with Crippen LogP contribution in [0.25, 0.3) is 0 Å². The molecule has 0 spiro atoms. The van der Waals surface area contributed by atoms with Crippen LogP contribution < -0.4 is 0 Å². The monoisotopic (exact) mass is 337 g/mol. The number of ether oxygens (including phenoxy) is 1. The Morgan fingerprint density at radius 1 is 1.37 bits per heavy atom. The van der Waals surface area contributed by atoms with E-state index in [1.807, 2.05) is 0 Å². The molecule has 0 bridgehead atoms. The average Bonchev–Trinajstić information content (AvgIpc) is 2.75. The van der Waals surface area contributed by atoms with Crippen molar-refractivity contribution in [1.29, 1.82) is 0 Å². The Labute approximate surface area is 118 Å². The van der Waals surface area contributed by atoms with Gasteiger partial charge in [0.25, 0.3) is 0 Å². The van der Waals surface area contributed by atoms with Gasteiger partial charge in [-0.1, -0.05) is 15.9 Å². The third-order valence-corrected chi connectivity index (χ3v) is 3.71. The number of likely N-dealkylation sites (tertiary alicyclic amines) is 1. The van der Waals surface area contributed by atoms with Crippen molar-refractivity contribution in [3.8, 4) is 0 Å². The second-order valence-electron chi connectivity index (χ2n) is 4.73. The minimum Gasteiger partial charge on any atom is -0.380 e. The fourth-order valence-corrected chi connectivity index (χ4v) is 2.84. The maximum atomic E-state index is 12.7. The minimum absolute atomic E-state index is 0.189. The molecule has 1 aliphatic rings. The first kappa shape index (κ1) is 14.8. The molecule has 1 aromatic carbocycles. The summed E-state index contributed by atoms with van der Waals surface area (Å²) in [6.07, 6.45) is -3.19. The summed E-state index contributed by atoms with van der Waals surface area (Å²) in [5.41, 5.74) is 0.0535. The van der Waals surface area contributed by atoms with Gasteiger partial charge in [-0.05, 0) is 30.2 Å². The van der Waals surface area contributed by atoms with Gasteiger partial charge in [-0.15, -0.1) is 0 Å². The second kappa shape index (κ2) is 5.81. The van der Waals surface area contributed by atoms with Crippen molar-refractivity contribution < 1.29 is 17.9 Å². The van der Waals surface area contributed by atoms with Crippen molar-refractivity contribution in [2.24, 2.45) is 0 Å². The van der Waals surface area contributed by atoms with E-state index in [4.69, 9.17) is 4.74 Å². The Balaban J connectivity index is 2.11. The SMILES string of the molecule is CO[C@@H]1CCN(Cc2cc(Br)cc(C(F)(F)F)c2)C1. The van der Waals surface area contributed by atoms with E-state index in [1.54, 1.807) is 13.2 Å². The quantitative estimate of drug-likeness (QED) is 0.834. The van der Waals surface area contributed by atoms with Gasteiger partial charge < -0.3 is 4.74 Å². The van der Waals surface area contributed by atoms with Crippen LogP contribution in [-0.4, -0.2) is 31.2 Å². The van der Waals surface area contributed by atoms with Gasteiger partial charge in [-0.3, -0.25) is 4.90 Å². The normalized spacial score (nSPS) is 21.0. The summed E-state index contributed by atoms with van der Waals surface area (Å²) in [6.45, 7) is 2.14. The first-order chi connectivity index (χ1) is 8.88. The molecule has 0 amide bonds. The highest BCUT2D eigenvalue weighted by Gasteiger charge is 2.31. The van der Waals surface area contributed by atoms with Gasteiger partial charge in [0.1, 0.15) is 0 Å². The number of hydrogen-bond donors (Lipinski definition) is 0. The van der Waals surface area contributed by atoms with E-state index in [2.05, 4.69) is 20.8 Å². The summed E-state index contributed by atoms with van der Waals surface area (Å²) in [5, 5.41) is 0. The number of halogens is 4. The fraction of sp³-hybridized carbons (Fsp3) is 0.538. The van der Waals surface area contributed by atoms with Crippen molar-refractivity contribution in [3.63, 3.8) is 0 Å². The van der Waals surface area contributed by atoms with Crippen LogP contribution >= 0.6 is 15.9 Å². The van der Waals surface area contributed by atoms with Crippen LogP contribution in [-0.2, 0) is 17.5 Å². The van der Waals surface area contributed by atoms with E-state index < -0.39 is 11.7 Å². The van der Waals surface area contributed by atoms with E-state index in [1.165, 1.54) is 6.07 Å². The molecule has 1 heterocycles. The highest BCUT2D eigenvalue weighted by atomic mass is 79.9. The average molecular weight is 338 g/mol. The third-order valence-electron chi connectivity index (χ3n) is 3.25. The number of alkyl halides is 3. The Morgan fingerprint density at radius 2 is 2.11 bits per heavy atom. The standard InChI is InChI=1S/C13H15BrF3NO/c1-19-12-2-3-18(8-12)7-9-4-10(13(15,16)17)6-11(14)5-9/h4-6,12H,2-3,7-8H2,1H3/t12-/m1/s1. The van der Waals surface area contributed by atoms with E-state index in [0.717, 1.165) is 25.6 Å². The number of methoxy groups -OCH3 is 1. The Kier molecular flexibility index (Phi) is 4.53. The molecule has 0 aliphatic carbocycles. The van der Waals surface area contributed by atoms with Gasteiger partial charge in [-0.25, -0.2) is 0 Å². The van der Waals surface area contributed by atoms with Crippen LogP contribution in [0.2, 0.25) is 0 Å². The predicted octanol–water partition coefficient (Wildman–Crippen LogP) is 3.69. The number of nitrogens with zero attached hydrogens (tertiary/aromatic N) is 1. The van der Waals surface area contributed by atoms with E-state index in [0.29, 0.717) is 16.6 Å². The van der Waals surface area contributed by atoms with Crippen LogP contribution in [0, 0.1) is 0 Å². The zero-order valence-electron chi connectivity index (χ0n) is 10.5. The van der Waals surface area contributed by atoms with Gasteiger partial charge in [-0.2, -0.15) is 13.2 Å². The molecular formula is C13H15BrF3NO. The molecular weight excluding hydrogens is 323 g/mol. The van der Waals surface area contributed by atoms with Crippen LogP contribution in [0.1, 0.15) is 17.5 Å². The molecule has 6 heteroatoms. The molecule has 0 aromatic heterocycles. The van der Waals surface area contributed by atoms with Gasteiger partial charge in [0.05, 0.1) is 11.7 Å². The van der Waals surface area contributed by atoms with Gasteiger partial charge in [0.15, 0.2) is 0 Å². The first-order valence-electron chi connectivity index (χ1n) is 6.00. The summed E-state index contributed by atoms with van der Waals surface area (Å²) in [4.78, 5) is 2.11. The number of benzene rings is 1. The van der Waals surface area contributed by atoms with E-state index >= 15 is 0 Å². The van der Waals surface area contributed by atoms with Crippen molar-refractivity contribution in [2.75, 3.05) is 20.2 Å². The van der Waals surface area contributed by atoms with Crippen LogP contribution in [0.5, 0.6) is 0 Å². The summed E-state index contributed by atoms with van der Waals surface area (Å²) in [5.74, 6) is 0. The maximum absolute atomic E-state index is 12.7. The van der Waals surface area contributed by atoms with Crippen molar-refractivity contribution in [2.45, 2.75) is 25.2 Å².